The zero-order chi connectivity index (χ0) is 14.5. The molecule has 1 aliphatic rings. The molecule has 5 heteroatoms. The van der Waals surface area contributed by atoms with Gasteiger partial charge >= 0.3 is 0 Å². The average molecular weight is 277 g/mol. The number of hydrogen-bond donors (Lipinski definition) is 2. The maximum atomic E-state index is 12.4. The molecule has 0 bridgehead atoms. The Kier molecular flexibility index (Phi) is 5.09. The second-order valence-corrected chi connectivity index (χ2v) is 5.46. The van der Waals surface area contributed by atoms with Crippen molar-refractivity contribution in [2.45, 2.75) is 26.7 Å². The fraction of sp³-hybridized carbons (Fsp3) is 0.600. The number of aryl methyl sites for hydroxylation is 2. The zero-order valence-corrected chi connectivity index (χ0v) is 12.2. The Morgan fingerprint density at radius 3 is 2.80 bits per heavy atom. The summed E-state index contributed by atoms with van der Waals surface area (Å²) in [7, 11) is 0. The second kappa shape index (κ2) is 6.81. The van der Waals surface area contributed by atoms with Crippen LogP contribution >= 0.6 is 0 Å². The third kappa shape index (κ3) is 3.55. The van der Waals surface area contributed by atoms with E-state index in [1.54, 1.807) is 6.20 Å². The van der Waals surface area contributed by atoms with Crippen molar-refractivity contribution in [1.82, 2.24) is 4.98 Å². The van der Waals surface area contributed by atoms with Crippen molar-refractivity contribution in [1.29, 1.82) is 0 Å². The van der Waals surface area contributed by atoms with Gasteiger partial charge in [-0.2, -0.15) is 0 Å². The number of nitrogens with zero attached hydrogens (tertiary/aromatic N) is 1. The summed E-state index contributed by atoms with van der Waals surface area (Å²) in [6.07, 6.45) is 3.56. The van der Waals surface area contributed by atoms with Gasteiger partial charge in [-0.15, -0.1) is 0 Å². The molecule has 1 aliphatic heterocycles. The smallest absolute Gasteiger partial charge is 0.230 e. The number of rotatable bonds is 4. The van der Waals surface area contributed by atoms with E-state index in [1.807, 2.05) is 19.9 Å². The van der Waals surface area contributed by atoms with Crippen molar-refractivity contribution >= 4 is 11.7 Å². The molecule has 1 amide bonds. The summed E-state index contributed by atoms with van der Waals surface area (Å²) in [6.45, 7) is 5.73. The molecule has 0 spiro atoms. The van der Waals surface area contributed by atoms with Gasteiger partial charge < -0.3 is 15.8 Å². The molecule has 1 saturated heterocycles. The molecule has 0 radical (unpaired) electrons. The number of amides is 1. The van der Waals surface area contributed by atoms with Gasteiger partial charge in [0.2, 0.25) is 5.91 Å². The van der Waals surface area contributed by atoms with Crippen LogP contribution in [0, 0.1) is 25.7 Å². The molecule has 1 fully saturated rings. The molecular formula is C15H23N3O2. The first-order chi connectivity index (χ1) is 9.61. The van der Waals surface area contributed by atoms with Gasteiger partial charge in [0.25, 0.3) is 0 Å². The van der Waals surface area contributed by atoms with Crippen LogP contribution in [0.3, 0.4) is 0 Å². The molecule has 5 nitrogen and oxygen atoms in total. The van der Waals surface area contributed by atoms with Crippen LogP contribution in [0.4, 0.5) is 5.82 Å². The lowest BCUT2D eigenvalue weighted by molar-refractivity contribution is -0.122. The third-order valence-corrected chi connectivity index (χ3v) is 3.88. The molecule has 110 valence electrons. The number of ether oxygens (including phenoxy) is 1. The Hall–Kier alpha value is -1.46. The van der Waals surface area contributed by atoms with Crippen LogP contribution in [-0.2, 0) is 9.53 Å². The maximum Gasteiger partial charge on any atom is 0.230 e. The molecule has 3 N–H and O–H groups in total. The van der Waals surface area contributed by atoms with E-state index in [0.717, 1.165) is 37.2 Å². The highest BCUT2D eigenvalue weighted by Gasteiger charge is 2.29. The summed E-state index contributed by atoms with van der Waals surface area (Å²) in [5, 5.41) is 2.91. The fourth-order valence-electron chi connectivity index (χ4n) is 2.69. The van der Waals surface area contributed by atoms with Crippen molar-refractivity contribution in [3.63, 3.8) is 0 Å². The van der Waals surface area contributed by atoms with Gasteiger partial charge in [0.15, 0.2) is 0 Å². The van der Waals surface area contributed by atoms with Crippen LogP contribution in [0.15, 0.2) is 12.3 Å². The Morgan fingerprint density at radius 1 is 1.50 bits per heavy atom. The summed E-state index contributed by atoms with van der Waals surface area (Å²) in [4.78, 5) is 16.7. The van der Waals surface area contributed by atoms with Crippen molar-refractivity contribution in [2.75, 3.05) is 25.1 Å². The van der Waals surface area contributed by atoms with Gasteiger partial charge in [0.1, 0.15) is 5.82 Å². The van der Waals surface area contributed by atoms with E-state index >= 15 is 0 Å². The number of nitrogens with one attached hydrogen (secondary N) is 1. The standard InChI is InChI=1S/C15H23N3O2/c1-10-7-11(2)14(17-9-10)18-15(19)13(8-16)12-3-5-20-6-4-12/h7,9,12-13H,3-6,8,16H2,1-2H3,(H,17,18,19). The van der Waals surface area contributed by atoms with Gasteiger partial charge in [-0.3, -0.25) is 4.79 Å². The van der Waals surface area contributed by atoms with E-state index in [9.17, 15) is 4.79 Å². The first-order valence-corrected chi connectivity index (χ1v) is 7.13. The maximum absolute atomic E-state index is 12.4. The van der Waals surface area contributed by atoms with E-state index in [2.05, 4.69) is 10.3 Å². The Bertz CT molecular complexity index is 470. The molecule has 0 aliphatic carbocycles. The Morgan fingerprint density at radius 2 is 2.20 bits per heavy atom. The highest BCUT2D eigenvalue weighted by Crippen LogP contribution is 2.24. The summed E-state index contributed by atoms with van der Waals surface area (Å²) in [5.41, 5.74) is 7.86. The Balaban J connectivity index is 2.04. The van der Waals surface area contributed by atoms with Crippen LogP contribution in [0.5, 0.6) is 0 Å². The number of carbonyl (C=O) groups is 1. The predicted molar refractivity (Wildman–Crippen MR) is 78.4 cm³/mol. The lowest BCUT2D eigenvalue weighted by Gasteiger charge is -2.28. The SMILES string of the molecule is Cc1cnc(NC(=O)C(CN)C2CCOCC2)c(C)c1. The summed E-state index contributed by atoms with van der Waals surface area (Å²) >= 11 is 0. The minimum atomic E-state index is -0.165. The largest absolute Gasteiger partial charge is 0.381 e. The first-order valence-electron chi connectivity index (χ1n) is 7.13. The van der Waals surface area contributed by atoms with E-state index in [-0.39, 0.29) is 11.8 Å². The summed E-state index contributed by atoms with van der Waals surface area (Å²) in [6, 6.07) is 2.01. The molecule has 2 heterocycles. The molecule has 1 aromatic rings. The van der Waals surface area contributed by atoms with Gasteiger partial charge in [0.05, 0.1) is 5.92 Å². The Labute approximate surface area is 119 Å². The average Bonchev–Trinajstić information content (AvgIpc) is 2.44. The summed E-state index contributed by atoms with van der Waals surface area (Å²) in [5.74, 6) is 0.742. The van der Waals surface area contributed by atoms with Gasteiger partial charge in [-0.25, -0.2) is 4.98 Å². The van der Waals surface area contributed by atoms with Crippen LogP contribution in [0.1, 0.15) is 24.0 Å². The first kappa shape index (κ1) is 14.9. The van der Waals surface area contributed by atoms with E-state index < -0.39 is 0 Å². The number of anilines is 1. The van der Waals surface area contributed by atoms with E-state index in [4.69, 9.17) is 10.5 Å². The van der Waals surface area contributed by atoms with Crippen LogP contribution in [-0.4, -0.2) is 30.6 Å². The number of hydrogen-bond acceptors (Lipinski definition) is 4. The minimum Gasteiger partial charge on any atom is -0.381 e. The second-order valence-electron chi connectivity index (χ2n) is 5.46. The molecule has 0 saturated carbocycles. The molecular weight excluding hydrogens is 254 g/mol. The lowest BCUT2D eigenvalue weighted by Crippen LogP contribution is -2.38. The molecule has 20 heavy (non-hydrogen) atoms. The monoisotopic (exact) mass is 277 g/mol. The van der Waals surface area contributed by atoms with Crippen molar-refractivity contribution < 1.29 is 9.53 Å². The minimum absolute atomic E-state index is 0.0288. The molecule has 1 unspecified atom stereocenters. The highest BCUT2D eigenvalue weighted by atomic mass is 16.5. The number of pyridine rings is 1. The van der Waals surface area contributed by atoms with Crippen molar-refractivity contribution in [3.8, 4) is 0 Å². The number of aromatic nitrogens is 1. The van der Waals surface area contributed by atoms with Crippen molar-refractivity contribution in [3.05, 3.63) is 23.4 Å². The third-order valence-electron chi connectivity index (χ3n) is 3.88. The normalized spacial score (nSPS) is 17.8. The van der Waals surface area contributed by atoms with Gasteiger partial charge in [-0.1, -0.05) is 6.07 Å². The van der Waals surface area contributed by atoms with Gasteiger partial charge in [-0.05, 0) is 43.7 Å². The highest BCUT2D eigenvalue weighted by molar-refractivity contribution is 5.92. The van der Waals surface area contributed by atoms with Gasteiger partial charge in [0, 0.05) is 26.0 Å². The molecule has 2 rings (SSSR count). The fourth-order valence-corrected chi connectivity index (χ4v) is 2.69. The van der Waals surface area contributed by atoms with Crippen LogP contribution in [0.2, 0.25) is 0 Å². The van der Waals surface area contributed by atoms with E-state index in [1.165, 1.54) is 0 Å². The quantitative estimate of drug-likeness (QED) is 0.877. The van der Waals surface area contributed by atoms with Crippen LogP contribution < -0.4 is 11.1 Å². The lowest BCUT2D eigenvalue weighted by atomic mass is 9.85. The molecule has 1 aromatic heterocycles. The summed E-state index contributed by atoms with van der Waals surface area (Å²) < 4.78 is 5.34. The molecule has 0 aromatic carbocycles. The zero-order valence-electron chi connectivity index (χ0n) is 12.2. The van der Waals surface area contributed by atoms with E-state index in [0.29, 0.717) is 18.3 Å². The topological polar surface area (TPSA) is 77.2 Å². The number of nitrogens with two attached hydrogens (primary N) is 1. The number of carbonyl (C=O) groups excluding carboxylic acids is 1. The predicted octanol–water partition coefficient (Wildman–Crippen LogP) is 1.64. The van der Waals surface area contributed by atoms with Crippen molar-refractivity contribution in [2.24, 2.45) is 17.6 Å². The molecule has 1 atom stereocenters. The van der Waals surface area contributed by atoms with Crippen LogP contribution in [0.25, 0.3) is 0 Å².